The molecule has 3 nitrogen and oxygen atoms in total. The molecule has 0 spiro atoms. The Morgan fingerprint density at radius 2 is 2.12 bits per heavy atom. The van der Waals surface area contributed by atoms with E-state index in [1.807, 2.05) is 13.8 Å². The minimum atomic E-state index is -0.231. The molecule has 0 aromatic heterocycles. The fourth-order valence-electron chi connectivity index (χ4n) is 1.83. The van der Waals surface area contributed by atoms with Crippen molar-refractivity contribution >= 4 is 0 Å². The lowest BCUT2D eigenvalue weighted by Gasteiger charge is -2.20. The highest BCUT2D eigenvalue weighted by Crippen LogP contribution is 2.23. The number of rotatable bonds is 6. The van der Waals surface area contributed by atoms with Gasteiger partial charge in [0.1, 0.15) is 5.82 Å². The number of benzene rings is 1. The van der Waals surface area contributed by atoms with Gasteiger partial charge in [0.2, 0.25) is 0 Å². The van der Waals surface area contributed by atoms with E-state index in [0.29, 0.717) is 0 Å². The predicted molar refractivity (Wildman–Crippen MR) is 66.9 cm³/mol. The third-order valence-electron chi connectivity index (χ3n) is 3.08. The first-order valence-electron chi connectivity index (χ1n) is 5.83. The number of hydrogen-bond acceptors (Lipinski definition) is 3. The monoisotopic (exact) mass is 240 g/mol. The second-order valence-electron chi connectivity index (χ2n) is 4.34. The second kappa shape index (κ2) is 6.69. The van der Waals surface area contributed by atoms with Crippen LogP contribution < -0.4 is 11.3 Å². The lowest BCUT2D eigenvalue weighted by molar-refractivity contribution is 0.106. The summed E-state index contributed by atoms with van der Waals surface area (Å²) < 4.78 is 18.4. The van der Waals surface area contributed by atoms with Crippen LogP contribution >= 0.6 is 0 Å². The van der Waals surface area contributed by atoms with Gasteiger partial charge in [-0.3, -0.25) is 11.3 Å². The van der Waals surface area contributed by atoms with Crippen LogP contribution in [0.2, 0.25) is 0 Å². The quantitative estimate of drug-likeness (QED) is 0.593. The molecule has 0 radical (unpaired) electrons. The molecule has 0 heterocycles. The van der Waals surface area contributed by atoms with Crippen LogP contribution in [0.4, 0.5) is 4.39 Å². The van der Waals surface area contributed by atoms with Crippen LogP contribution in [-0.4, -0.2) is 13.2 Å². The van der Waals surface area contributed by atoms with Crippen molar-refractivity contribution in [1.29, 1.82) is 0 Å². The van der Waals surface area contributed by atoms with Crippen LogP contribution in [0.3, 0.4) is 0 Å². The fraction of sp³-hybridized carbons (Fsp3) is 0.538. The van der Waals surface area contributed by atoms with Crippen LogP contribution in [0.1, 0.15) is 36.9 Å². The topological polar surface area (TPSA) is 47.3 Å². The van der Waals surface area contributed by atoms with Gasteiger partial charge in [0.15, 0.2) is 0 Å². The van der Waals surface area contributed by atoms with Gasteiger partial charge in [-0.25, -0.2) is 4.39 Å². The zero-order chi connectivity index (χ0) is 12.8. The molecule has 17 heavy (non-hydrogen) atoms. The molecule has 96 valence electrons. The molecule has 0 fully saturated rings. The average molecular weight is 240 g/mol. The van der Waals surface area contributed by atoms with Crippen molar-refractivity contribution in [3.63, 3.8) is 0 Å². The smallest absolute Gasteiger partial charge is 0.123 e. The summed E-state index contributed by atoms with van der Waals surface area (Å²) in [6.07, 6.45) is 1.87. The SMILES string of the molecule is COC(C)CCC(NN)c1cc(F)ccc1C. The van der Waals surface area contributed by atoms with Crippen molar-refractivity contribution in [1.82, 2.24) is 5.43 Å². The van der Waals surface area contributed by atoms with E-state index in [-0.39, 0.29) is 18.0 Å². The predicted octanol–water partition coefficient (Wildman–Crippen LogP) is 2.45. The summed E-state index contributed by atoms with van der Waals surface area (Å²) in [5.41, 5.74) is 4.70. The Morgan fingerprint density at radius 1 is 1.41 bits per heavy atom. The zero-order valence-electron chi connectivity index (χ0n) is 10.7. The van der Waals surface area contributed by atoms with Gasteiger partial charge in [-0.15, -0.1) is 0 Å². The van der Waals surface area contributed by atoms with Crippen LogP contribution in [-0.2, 0) is 4.74 Å². The Morgan fingerprint density at radius 3 is 2.71 bits per heavy atom. The molecule has 2 unspecified atom stereocenters. The van der Waals surface area contributed by atoms with E-state index in [9.17, 15) is 4.39 Å². The summed E-state index contributed by atoms with van der Waals surface area (Å²) in [5.74, 6) is 5.31. The number of hydrazine groups is 1. The van der Waals surface area contributed by atoms with Crippen LogP contribution in [0, 0.1) is 12.7 Å². The number of nitrogens with one attached hydrogen (secondary N) is 1. The molecule has 0 saturated carbocycles. The summed E-state index contributed by atoms with van der Waals surface area (Å²) in [4.78, 5) is 0. The molecule has 0 aliphatic carbocycles. The lowest BCUT2D eigenvalue weighted by atomic mass is 9.97. The summed E-state index contributed by atoms with van der Waals surface area (Å²) in [6, 6.07) is 4.74. The maximum absolute atomic E-state index is 13.2. The Labute approximate surface area is 102 Å². The Kier molecular flexibility index (Phi) is 5.55. The second-order valence-corrected chi connectivity index (χ2v) is 4.34. The molecule has 1 rings (SSSR count). The maximum Gasteiger partial charge on any atom is 0.123 e. The summed E-state index contributed by atoms with van der Waals surface area (Å²) in [5, 5.41) is 0. The van der Waals surface area contributed by atoms with E-state index in [4.69, 9.17) is 10.6 Å². The highest BCUT2D eigenvalue weighted by atomic mass is 19.1. The van der Waals surface area contributed by atoms with E-state index < -0.39 is 0 Å². The first-order chi connectivity index (χ1) is 8.08. The van der Waals surface area contributed by atoms with Crippen molar-refractivity contribution in [3.8, 4) is 0 Å². The molecule has 0 saturated heterocycles. The Balaban J connectivity index is 2.75. The molecule has 0 bridgehead atoms. The van der Waals surface area contributed by atoms with Crippen LogP contribution in [0.25, 0.3) is 0 Å². The van der Waals surface area contributed by atoms with Gasteiger partial charge in [-0.1, -0.05) is 6.07 Å². The number of hydrogen-bond donors (Lipinski definition) is 2. The molecule has 2 atom stereocenters. The van der Waals surface area contributed by atoms with Crippen molar-refractivity contribution < 1.29 is 9.13 Å². The van der Waals surface area contributed by atoms with Crippen molar-refractivity contribution in [2.24, 2.45) is 5.84 Å². The minimum absolute atomic E-state index is 0.0386. The Hall–Kier alpha value is -0.970. The zero-order valence-corrected chi connectivity index (χ0v) is 10.7. The van der Waals surface area contributed by atoms with Crippen molar-refractivity contribution in [2.45, 2.75) is 38.8 Å². The number of aryl methyl sites for hydroxylation is 1. The normalized spacial score (nSPS) is 14.6. The maximum atomic E-state index is 13.2. The summed E-state index contributed by atoms with van der Waals surface area (Å²) in [6.45, 7) is 3.96. The first-order valence-corrected chi connectivity index (χ1v) is 5.83. The number of methoxy groups -OCH3 is 1. The largest absolute Gasteiger partial charge is 0.382 e. The number of nitrogens with two attached hydrogens (primary N) is 1. The minimum Gasteiger partial charge on any atom is -0.382 e. The molecule has 0 aliphatic rings. The van der Waals surface area contributed by atoms with Gasteiger partial charge in [0.25, 0.3) is 0 Å². The fourth-order valence-corrected chi connectivity index (χ4v) is 1.83. The number of halogens is 1. The van der Waals surface area contributed by atoms with Gasteiger partial charge in [0.05, 0.1) is 6.10 Å². The van der Waals surface area contributed by atoms with Gasteiger partial charge >= 0.3 is 0 Å². The third kappa shape index (κ3) is 4.07. The van der Waals surface area contributed by atoms with E-state index in [2.05, 4.69) is 5.43 Å². The summed E-state index contributed by atoms with van der Waals surface area (Å²) >= 11 is 0. The molecule has 1 aromatic carbocycles. The van der Waals surface area contributed by atoms with Crippen molar-refractivity contribution in [2.75, 3.05) is 7.11 Å². The Bertz CT molecular complexity index is 357. The van der Waals surface area contributed by atoms with E-state index >= 15 is 0 Å². The van der Waals surface area contributed by atoms with Crippen LogP contribution in [0.15, 0.2) is 18.2 Å². The van der Waals surface area contributed by atoms with Gasteiger partial charge in [0, 0.05) is 13.2 Å². The van der Waals surface area contributed by atoms with Gasteiger partial charge in [-0.05, 0) is 49.9 Å². The lowest BCUT2D eigenvalue weighted by Crippen LogP contribution is -2.29. The highest BCUT2D eigenvalue weighted by Gasteiger charge is 2.14. The van der Waals surface area contributed by atoms with Crippen LogP contribution in [0.5, 0.6) is 0 Å². The van der Waals surface area contributed by atoms with Gasteiger partial charge in [-0.2, -0.15) is 0 Å². The average Bonchev–Trinajstić information content (AvgIpc) is 2.33. The molecule has 1 aromatic rings. The standard InChI is InChI=1S/C13H21FN2O/c1-9-4-6-11(14)8-12(9)13(16-15)7-5-10(2)17-3/h4,6,8,10,13,16H,5,7,15H2,1-3H3. The number of ether oxygens (including phenoxy) is 1. The molecule has 0 aliphatic heterocycles. The highest BCUT2D eigenvalue weighted by molar-refractivity contribution is 5.29. The molecular weight excluding hydrogens is 219 g/mol. The van der Waals surface area contributed by atoms with Gasteiger partial charge < -0.3 is 4.74 Å². The summed E-state index contributed by atoms with van der Waals surface area (Å²) in [7, 11) is 1.68. The third-order valence-corrected chi connectivity index (χ3v) is 3.08. The molecule has 3 N–H and O–H groups in total. The molecule has 4 heteroatoms. The van der Waals surface area contributed by atoms with E-state index in [1.165, 1.54) is 12.1 Å². The van der Waals surface area contributed by atoms with Crippen molar-refractivity contribution in [3.05, 3.63) is 35.1 Å². The molecular formula is C13H21FN2O. The molecule has 0 amide bonds. The van der Waals surface area contributed by atoms with E-state index in [1.54, 1.807) is 13.2 Å². The van der Waals surface area contributed by atoms with E-state index in [0.717, 1.165) is 24.0 Å². The first kappa shape index (κ1) is 14.1.